The van der Waals surface area contributed by atoms with Crippen molar-refractivity contribution in [2.24, 2.45) is 5.73 Å². The van der Waals surface area contributed by atoms with Gasteiger partial charge in [0.05, 0.1) is 5.56 Å². The number of carbonyl (C=O) groups is 1. The molecule has 1 rings (SSSR count). The molecule has 0 aromatic heterocycles. The number of primary amides is 1. The molecule has 0 fully saturated rings. The van der Waals surface area contributed by atoms with E-state index in [4.69, 9.17) is 4.79 Å². The molecular formula is C10H12F3NO. The summed E-state index contributed by atoms with van der Waals surface area (Å²) >= 11 is 0. The fourth-order valence-electron chi connectivity index (χ4n) is 1.26. The highest BCUT2D eigenvalue weighted by Gasteiger charge is 2.33. The van der Waals surface area contributed by atoms with E-state index in [2.05, 4.69) is 5.73 Å². The van der Waals surface area contributed by atoms with Gasteiger partial charge in [-0.25, -0.2) is 0 Å². The summed E-state index contributed by atoms with van der Waals surface area (Å²) in [4.78, 5) is 8.58. The van der Waals surface area contributed by atoms with Gasteiger partial charge in [-0.05, 0) is 25.0 Å². The maximum atomic E-state index is 12.3. The summed E-state index contributed by atoms with van der Waals surface area (Å²) < 4.78 is 36.9. The lowest BCUT2D eigenvalue weighted by molar-refractivity contribution is -0.138. The zero-order chi connectivity index (χ0) is 12.1. The van der Waals surface area contributed by atoms with Gasteiger partial charge in [-0.2, -0.15) is 13.2 Å². The van der Waals surface area contributed by atoms with Crippen LogP contribution in [0.4, 0.5) is 13.2 Å². The fourth-order valence-corrected chi connectivity index (χ4v) is 1.26. The molecular weight excluding hydrogens is 207 g/mol. The number of amides is 1. The van der Waals surface area contributed by atoms with E-state index in [1.807, 2.05) is 0 Å². The minimum absolute atomic E-state index is 0.250. The molecule has 0 unspecified atom stereocenters. The second-order valence-electron chi connectivity index (χ2n) is 2.90. The molecule has 1 amide bonds. The van der Waals surface area contributed by atoms with Crippen molar-refractivity contribution in [3.63, 3.8) is 0 Å². The summed E-state index contributed by atoms with van der Waals surface area (Å²) in [5.41, 5.74) is 4.22. The Bertz CT molecular complexity index is 314. The van der Waals surface area contributed by atoms with E-state index in [0.717, 1.165) is 0 Å². The van der Waals surface area contributed by atoms with Gasteiger partial charge in [0.2, 0.25) is 6.41 Å². The van der Waals surface area contributed by atoms with Crippen molar-refractivity contribution in [3.8, 4) is 0 Å². The van der Waals surface area contributed by atoms with E-state index in [9.17, 15) is 13.2 Å². The Morgan fingerprint density at radius 2 is 1.53 bits per heavy atom. The fraction of sp³-hybridized carbons (Fsp3) is 0.300. The monoisotopic (exact) mass is 219 g/mol. The zero-order valence-electron chi connectivity index (χ0n) is 8.43. The molecule has 0 aliphatic rings. The summed E-state index contributed by atoms with van der Waals surface area (Å²) in [6.07, 6.45) is -3.98. The highest BCUT2D eigenvalue weighted by Crippen LogP contribution is 2.33. The van der Waals surface area contributed by atoms with Gasteiger partial charge < -0.3 is 5.73 Å². The third-order valence-electron chi connectivity index (χ3n) is 1.76. The van der Waals surface area contributed by atoms with Crippen LogP contribution in [-0.4, -0.2) is 6.41 Å². The van der Waals surface area contributed by atoms with Crippen LogP contribution in [0.3, 0.4) is 0 Å². The average Bonchev–Trinajstić information content (AvgIpc) is 2.02. The molecule has 2 nitrogen and oxygen atoms in total. The molecule has 0 spiro atoms. The summed E-state index contributed by atoms with van der Waals surface area (Å²) in [6.45, 7) is 2.94. The molecule has 84 valence electrons. The van der Waals surface area contributed by atoms with Crippen molar-refractivity contribution < 1.29 is 18.0 Å². The predicted molar refractivity (Wildman–Crippen MR) is 51.2 cm³/mol. The first-order valence-electron chi connectivity index (χ1n) is 4.13. The minimum atomic E-state index is -4.23. The number of aryl methyl sites for hydroxylation is 2. The van der Waals surface area contributed by atoms with Gasteiger partial charge in [0.25, 0.3) is 0 Å². The number of carbonyl (C=O) groups excluding carboxylic acids is 1. The first kappa shape index (κ1) is 13.5. The second kappa shape index (κ2) is 5.38. The number of benzene rings is 1. The van der Waals surface area contributed by atoms with Crippen LogP contribution >= 0.6 is 0 Å². The molecule has 5 heteroatoms. The lowest BCUT2D eigenvalue weighted by atomic mass is 10.0. The van der Waals surface area contributed by atoms with Gasteiger partial charge in [0.15, 0.2) is 0 Å². The summed E-state index contributed by atoms with van der Waals surface area (Å²) in [5, 5.41) is 0. The molecule has 0 saturated carbocycles. The maximum absolute atomic E-state index is 12.3. The van der Waals surface area contributed by atoms with Crippen LogP contribution in [-0.2, 0) is 11.0 Å². The largest absolute Gasteiger partial charge is 0.416 e. The molecule has 1 aromatic carbocycles. The Morgan fingerprint density at radius 3 is 1.73 bits per heavy atom. The lowest BCUT2D eigenvalue weighted by Crippen LogP contribution is -2.09. The summed E-state index contributed by atoms with van der Waals surface area (Å²) in [7, 11) is 0. The number of halogens is 3. The van der Waals surface area contributed by atoms with E-state index in [-0.39, 0.29) is 17.5 Å². The zero-order valence-corrected chi connectivity index (χ0v) is 8.43. The van der Waals surface area contributed by atoms with Gasteiger partial charge in [-0.15, -0.1) is 0 Å². The van der Waals surface area contributed by atoms with E-state index >= 15 is 0 Å². The normalized spacial score (nSPS) is 10.2. The van der Waals surface area contributed by atoms with Gasteiger partial charge in [0.1, 0.15) is 0 Å². The van der Waals surface area contributed by atoms with Gasteiger partial charge in [-0.1, -0.05) is 18.2 Å². The minimum Gasteiger partial charge on any atom is -0.372 e. The van der Waals surface area contributed by atoms with Crippen LogP contribution in [0, 0.1) is 13.8 Å². The van der Waals surface area contributed by atoms with E-state index in [0.29, 0.717) is 0 Å². The van der Waals surface area contributed by atoms with Crippen LogP contribution < -0.4 is 5.73 Å². The molecule has 1 aromatic rings. The quantitative estimate of drug-likeness (QED) is 0.669. The number of rotatable bonds is 0. The smallest absolute Gasteiger partial charge is 0.372 e. The second-order valence-corrected chi connectivity index (χ2v) is 2.90. The van der Waals surface area contributed by atoms with Crippen LogP contribution in [0.25, 0.3) is 0 Å². The Morgan fingerprint density at radius 1 is 1.20 bits per heavy atom. The molecule has 0 aliphatic carbocycles. The topological polar surface area (TPSA) is 43.1 Å². The van der Waals surface area contributed by atoms with Crippen LogP contribution in [0.15, 0.2) is 18.2 Å². The summed E-state index contributed by atoms with van der Waals surface area (Å²) in [6, 6.07) is 4.56. The van der Waals surface area contributed by atoms with Crippen molar-refractivity contribution >= 4 is 6.41 Å². The molecule has 0 heterocycles. The van der Waals surface area contributed by atoms with Crippen molar-refractivity contribution in [1.82, 2.24) is 0 Å². The van der Waals surface area contributed by atoms with E-state index < -0.39 is 11.7 Å². The maximum Gasteiger partial charge on any atom is 0.416 e. The van der Waals surface area contributed by atoms with Crippen LogP contribution in [0.5, 0.6) is 0 Å². The van der Waals surface area contributed by atoms with Crippen LogP contribution in [0.2, 0.25) is 0 Å². The Hall–Kier alpha value is -1.52. The average molecular weight is 219 g/mol. The molecule has 0 atom stereocenters. The van der Waals surface area contributed by atoms with E-state index in [1.54, 1.807) is 6.07 Å². The van der Waals surface area contributed by atoms with Crippen molar-refractivity contribution in [2.45, 2.75) is 20.0 Å². The molecule has 15 heavy (non-hydrogen) atoms. The molecule has 0 saturated heterocycles. The van der Waals surface area contributed by atoms with Crippen LogP contribution in [0.1, 0.15) is 16.7 Å². The Kier molecular flexibility index (Phi) is 4.84. The van der Waals surface area contributed by atoms with Gasteiger partial charge in [-0.3, -0.25) is 4.79 Å². The lowest BCUT2D eigenvalue weighted by Gasteiger charge is -2.12. The van der Waals surface area contributed by atoms with Gasteiger partial charge in [0, 0.05) is 0 Å². The Balaban J connectivity index is 0.000000583. The first-order valence-corrected chi connectivity index (χ1v) is 4.13. The Labute approximate surface area is 85.9 Å². The van der Waals surface area contributed by atoms with Gasteiger partial charge >= 0.3 is 6.18 Å². The number of hydrogen-bond donors (Lipinski definition) is 1. The third kappa shape index (κ3) is 4.01. The summed E-state index contributed by atoms with van der Waals surface area (Å²) in [5.74, 6) is 0. The predicted octanol–water partition coefficient (Wildman–Crippen LogP) is 2.42. The highest BCUT2D eigenvalue weighted by atomic mass is 19.4. The molecule has 0 bridgehead atoms. The number of nitrogens with two attached hydrogens (primary N) is 1. The first-order chi connectivity index (χ1) is 6.84. The standard InChI is InChI=1S/C9H9F3.CH3NO/c1-6-4-3-5-7(2)8(6)9(10,11)12;2-1-3/h3-5H,1-2H3;1H,(H2,2,3). The van der Waals surface area contributed by atoms with Crippen molar-refractivity contribution in [3.05, 3.63) is 34.9 Å². The number of hydrogen-bond acceptors (Lipinski definition) is 1. The molecule has 0 radical (unpaired) electrons. The molecule has 2 N–H and O–H groups in total. The highest BCUT2D eigenvalue weighted by molar-refractivity contribution is 5.42. The number of alkyl halides is 3. The third-order valence-corrected chi connectivity index (χ3v) is 1.76. The van der Waals surface area contributed by atoms with Crippen molar-refractivity contribution in [2.75, 3.05) is 0 Å². The SMILES string of the molecule is Cc1cccc(C)c1C(F)(F)F.NC=O. The van der Waals surface area contributed by atoms with Crippen molar-refractivity contribution in [1.29, 1.82) is 0 Å². The van der Waals surface area contributed by atoms with E-state index in [1.165, 1.54) is 26.0 Å². The molecule has 0 aliphatic heterocycles.